The third-order valence-electron chi connectivity index (χ3n) is 8.81. The van der Waals surface area contributed by atoms with Gasteiger partial charge < -0.3 is 19.7 Å². The van der Waals surface area contributed by atoms with E-state index in [1.165, 1.54) is 17.4 Å². The van der Waals surface area contributed by atoms with Gasteiger partial charge in [0, 0.05) is 17.7 Å². The summed E-state index contributed by atoms with van der Waals surface area (Å²) in [7, 11) is 0. The molecule has 2 N–H and O–H groups in total. The number of nitrogens with zero attached hydrogens (tertiary/aromatic N) is 1. The average Bonchev–Trinajstić information content (AvgIpc) is 3.24. The van der Waals surface area contributed by atoms with Crippen LogP contribution in [0.5, 0.6) is 0 Å². The molecule has 1 aliphatic carbocycles. The van der Waals surface area contributed by atoms with Gasteiger partial charge in [-0.15, -0.1) is 11.3 Å². The van der Waals surface area contributed by atoms with Gasteiger partial charge in [-0.1, -0.05) is 26.7 Å². The van der Waals surface area contributed by atoms with Gasteiger partial charge in [-0.3, -0.25) is 9.59 Å². The summed E-state index contributed by atoms with van der Waals surface area (Å²) in [6.45, 7) is 7.62. The van der Waals surface area contributed by atoms with Crippen LogP contribution in [0.2, 0.25) is 0 Å². The molecular formula is C28H40FNO6S. The van der Waals surface area contributed by atoms with Gasteiger partial charge in [0.2, 0.25) is 0 Å². The first-order valence-corrected chi connectivity index (χ1v) is 14.4. The third-order valence-corrected chi connectivity index (χ3v) is 9.60. The molecule has 206 valence electrons. The lowest BCUT2D eigenvalue weighted by molar-refractivity contribution is -0.162. The SMILES string of the molecule is CC[C@H]1C(=O)C2(CCC2)[C@@H](O)CC(=O)O[C@H](/C(F)=C/c2csc(C)n2)CC2OC2(C)CCC[C@H](C)[C@@H]1O. The number of aromatic nitrogens is 1. The van der Waals surface area contributed by atoms with Crippen molar-refractivity contribution < 1.29 is 33.7 Å². The minimum Gasteiger partial charge on any atom is -0.455 e. The standard InChI is InChI=1S/C28H40FNO6S/c1-5-19-25(33)16(2)8-6-9-27(4)23(36-27)13-21(20(29)12-18-15-37-17(3)30-18)35-24(32)14-22(31)28(26(19)34)10-7-11-28/h12,15-16,19,21-23,25,31,33H,5-11,13-14H2,1-4H3/b20-12-/t16-,19+,21-,22-,23?,25-,27?/m0/s1. The summed E-state index contributed by atoms with van der Waals surface area (Å²) < 4.78 is 26.9. The van der Waals surface area contributed by atoms with Crippen molar-refractivity contribution in [1.82, 2.24) is 4.98 Å². The zero-order valence-corrected chi connectivity index (χ0v) is 23.1. The van der Waals surface area contributed by atoms with Crippen molar-refractivity contribution in [2.45, 2.75) is 115 Å². The highest BCUT2D eigenvalue weighted by molar-refractivity contribution is 7.09. The zero-order valence-electron chi connectivity index (χ0n) is 22.2. The molecule has 0 radical (unpaired) electrons. The van der Waals surface area contributed by atoms with Crippen molar-refractivity contribution in [2.24, 2.45) is 17.3 Å². The molecule has 3 fully saturated rings. The average molecular weight is 538 g/mol. The molecule has 0 aromatic carbocycles. The Labute approximate surface area is 222 Å². The van der Waals surface area contributed by atoms with Gasteiger partial charge in [0.1, 0.15) is 11.6 Å². The number of fused-ring (bicyclic) bond motifs is 1. The van der Waals surface area contributed by atoms with Crippen LogP contribution in [0.25, 0.3) is 6.08 Å². The number of hydrogen-bond acceptors (Lipinski definition) is 8. The van der Waals surface area contributed by atoms with Crippen LogP contribution in [-0.2, 0) is 19.1 Å². The van der Waals surface area contributed by atoms with E-state index in [4.69, 9.17) is 9.47 Å². The van der Waals surface area contributed by atoms with Crippen LogP contribution in [0.4, 0.5) is 4.39 Å². The highest BCUT2D eigenvalue weighted by Gasteiger charge is 2.55. The number of aliphatic hydroxyl groups is 2. The monoisotopic (exact) mass is 537 g/mol. The van der Waals surface area contributed by atoms with Gasteiger partial charge in [0.05, 0.1) is 46.5 Å². The number of aryl methyl sites for hydroxylation is 1. The lowest BCUT2D eigenvalue weighted by atomic mass is 9.58. The fourth-order valence-electron chi connectivity index (χ4n) is 6.06. The van der Waals surface area contributed by atoms with Crippen LogP contribution < -0.4 is 0 Å². The molecule has 3 aliphatic rings. The second kappa shape index (κ2) is 11.2. The van der Waals surface area contributed by atoms with Gasteiger partial charge in [0.15, 0.2) is 6.10 Å². The summed E-state index contributed by atoms with van der Waals surface area (Å²) in [5, 5.41) is 24.7. The van der Waals surface area contributed by atoms with E-state index >= 15 is 4.39 Å². The number of hydrogen-bond donors (Lipinski definition) is 2. The van der Waals surface area contributed by atoms with E-state index in [1.807, 2.05) is 27.7 Å². The van der Waals surface area contributed by atoms with Gasteiger partial charge in [-0.05, 0) is 57.9 Å². The lowest BCUT2D eigenvalue weighted by Gasteiger charge is -2.46. The molecule has 2 unspecified atom stereocenters. The topological polar surface area (TPSA) is 109 Å². The Morgan fingerprint density at radius 2 is 2.00 bits per heavy atom. The Hall–Kier alpha value is -1.68. The molecule has 4 rings (SSSR count). The number of aliphatic hydroxyl groups excluding tert-OH is 2. The summed E-state index contributed by atoms with van der Waals surface area (Å²) in [6, 6.07) is 0. The maximum Gasteiger partial charge on any atom is 0.309 e. The van der Waals surface area contributed by atoms with Gasteiger partial charge >= 0.3 is 5.97 Å². The number of rotatable bonds is 3. The van der Waals surface area contributed by atoms with Crippen molar-refractivity contribution in [2.75, 3.05) is 0 Å². The van der Waals surface area contributed by atoms with Crippen molar-refractivity contribution in [3.8, 4) is 0 Å². The molecule has 9 heteroatoms. The van der Waals surface area contributed by atoms with Gasteiger partial charge in [0.25, 0.3) is 0 Å². The normalized spacial score (nSPS) is 37.5. The molecule has 3 heterocycles. The molecular weight excluding hydrogens is 497 g/mol. The number of Topliss-reactive ketones (excluding diaryl/α,β-unsaturated/α-hetero) is 1. The van der Waals surface area contributed by atoms with E-state index in [0.717, 1.165) is 30.7 Å². The van der Waals surface area contributed by atoms with E-state index < -0.39 is 53.5 Å². The van der Waals surface area contributed by atoms with E-state index in [0.29, 0.717) is 25.0 Å². The first-order valence-electron chi connectivity index (χ1n) is 13.6. The minimum atomic E-state index is -1.25. The van der Waals surface area contributed by atoms with Crippen LogP contribution in [0.3, 0.4) is 0 Å². The molecule has 0 amide bonds. The maximum atomic E-state index is 15.4. The number of ether oxygens (including phenoxy) is 2. The first-order chi connectivity index (χ1) is 17.5. The highest BCUT2D eigenvalue weighted by atomic mass is 32.1. The summed E-state index contributed by atoms with van der Waals surface area (Å²) in [5.41, 5.74) is -1.07. The first kappa shape index (κ1) is 28.3. The van der Waals surface area contributed by atoms with Crippen molar-refractivity contribution in [3.05, 3.63) is 21.9 Å². The smallest absolute Gasteiger partial charge is 0.309 e. The number of epoxide rings is 1. The lowest BCUT2D eigenvalue weighted by Crippen LogP contribution is -2.53. The third kappa shape index (κ3) is 6.00. The number of halogens is 1. The summed E-state index contributed by atoms with van der Waals surface area (Å²) >= 11 is 1.40. The summed E-state index contributed by atoms with van der Waals surface area (Å²) in [4.78, 5) is 30.9. The Balaban J connectivity index is 1.59. The van der Waals surface area contributed by atoms with Crippen LogP contribution >= 0.6 is 11.3 Å². The Kier molecular flexibility index (Phi) is 8.58. The molecule has 1 aromatic rings. The molecule has 7 atom stereocenters. The molecule has 0 bridgehead atoms. The Morgan fingerprint density at radius 3 is 2.59 bits per heavy atom. The fourth-order valence-corrected chi connectivity index (χ4v) is 6.63. The van der Waals surface area contributed by atoms with E-state index in [-0.39, 0.29) is 24.2 Å². The molecule has 1 aromatic heterocycles. The van der Waals surface area contributed by atoms with Gasteiger partial charge in [-0.2, -0.15) is 0 Å². The minimum absolute atomic E-state index is 0.100. The number of esters is 1. The number of cyclic esters (lactones) is 1. The van der Waals surface area contributed by atoms with Crippen LogP contribution in [0, 0.1) is 24.2 Å². The van der Waals surface area contributed by atoms with E-state index in [9.17, 15) is 19.8 Å². The molecule has 2 aliphatic heterocycles. The van der Waals surface area contributed by atoms with Crippen LogP contribution in [0.15, 0.2) is 11.2 Å². The predicted octanol–water partition coefficient (Wildman–Crippen LogP) is 4.92. The number of ketones is 1. The maximum absolute atomic E-state index is 15.4. The quantitative estimate of drug-likeness (QED) is 0.416. The van der Waals surface area contributed by atoms with E-state index in [2.05, 4.69) is 4.98 Å². The fraction of sp³-hybridized carbons (Fsp3) is 0.750. The van der Waals surface area contributed by atoms with Crippen molar-refractivity contribution >= 4 is 29.2 Å². The van der Waals surface area contributed by atoms with Crippen molar-refractivity contribution in [3.63, 3.8) is 0 Å². The Bertz CT molecular complexity index is 1020. The van der Waals surface area contributed by atoms with Crippen LogP contribution in [-0.4, -0.2) is 57.0 Å². The predicted molar refractivity (Wildman–Crippen MR) is 138 cm³/mol. The second-order valence-electron chi connectivity index (χ2n) is 11.4. The summed E-state index contributed by atoms with van der Waals surface area (Å²) in [6.07, 6.45) is 1.91. The molecule has 7 nitrogen and oxygen atoms in total. The molecule has 2 saturated heterocycles. The molecule has 1 saturated carbocycles. The van der Waals surface area contributed by atoms with E-state index in [1.54, 1.807) is 5.38 Å². The zero-order chi connectivity index (χ0) is 27.0. The summed E-state index contributed by atoms with van der Waals surface area (Å²) in [5.74, 6) is -2.26. The molecule has 37 heavy (non-hydrogen) atoms. The molecule has 1 spiro atoms. The van der Waals surface area contributed by atoms with Gasteiger partial charge in [-0.25, -0.2) is 9.37 Å². The largest absolute Gasteiger partial charge is 0.455 e. The Morgan fingerprint density at radius 1 is 1.27 bits per heavy atom. The second-order valence-corrected chi connectivity index (χ2v) is 12.5. The van der Waals surface area contributed by atoms with Crippen LogP contribution in [0.1, 0.15) is 89.3 Å². The van der Waals surface area contributed by atoms with Crippen molar-refractivity contribution in [1.29, 1.82) is 0 Å². The highest BCUT2D eigenvalue weighted by Crippen LogP contribution is 2.49. The number of carbonyl (C=O) groups excluding carboxylic acids is 2. The number of thiazole rings is 1. The number of carbonyl (C=O) groups is 2.